The number of hydrogen-bond donors (Lipinski definition) is 1. The van der Waals surface area contributed by atoms with Gasteiger partial charge in [-0.25, -0.2) is 0 Å². The Bertz CT molecular complexity index is 160. The van der Waals surface area contributed by atoms with Crippen LogP contribution in [-0.2, 0) is 9.47 Å². The monoisotopic (exact) mass is 215 g/mol. The Kier molecular flexibility index (Phi) is 6.22. The van der Waals surface area contributed by atoms with Crippen LogP contribution in [0.4, 0.5) is 0 Å². The minimum Gasteiger partial charge on any atom is -0.382 e. The van der Waals surface area contributed by atoms with Gasteiger partial charge < -0.3 is 14.8 Å². The molecule has 0 amide bonds. The van der Waals surface area contributed by atoms with Gasteiger partial charge in [-0.3, -0.25) is 0 Å². The lowest BCUT2D eigenvalue weighted by atomic mass is 9.92. The molecule has 90 valence electrons. The lowest BCUT2D eigenvalue weighted by Crippen LogP contribution is -2.38. The third-order valence-electron chi connectivity index (χ3n) is 2.95. The van der Waals surface area contributed by atoms with Crippen molar-refractivity contribution < 1.29 is 9.47 Å². The summed E-state index contributed by atoms with van der Waals surface area (Å²) in [6, 6.07) is 0.656. The van der Waals surface area contributed by atoms with E-state index < -0.39 is 0 Å². The molecule has 3 nitrogen and oxygen atoms in total. The van der Waals surface area contributed by atoms with Crippen molar-refractivity contribution in [2.75, 3.05) is 20.3 Å². The Hall–Kier alpha value is -0.120. The maximum atomic E-state index is 5.94. The van der Waals surface area contributed by atoms with Gasteiger partial charge in [0, 0.05) is 13.2 Å². The highest BCUT2D eigenvalue weighted by Gasteiger charge is 2.23. The van der Waals surface area contributed by atoms with Gasteiger partial charge in [0.25, 0.3) is 0 Å². The average Bonchev–Trinajstić information content (AvgIpc) is 2.19. The van der Waals surface area contributed by atoms with Crippen LogP contribution in [0.15, 0.2) is 0 Å². The van der Waals surface area contributed by atoms with Crippen molar-refractivity contribution in [1.29, 1.82) is 0 Å². The van der Waals surface area contributed by atoms with Gasteiger partial charge in [0.15, 0.2) is 0 Å². The smallest absolute Gasteiger partial charge is 0.0784 e. The SMILES string of the molecule is CCNC1CCCC(OC(C)COC)C1. The van der Waals surface area contributed by atoms with Crippen LogP contribution in [0.1, 0.15) is 39.5 Å². The fourth-order valence-corrected chi connectivity index (χ4v) is 2.35. The second kappa shape index (κ2) is 7.20. The molecular formula is C12H25NO2. The second-order valence-electron chi connectivity index (χ2n) is 4.45. The third kappa shape index (κ3) is 4.96. The molecule has 0 radical (unpaired) electrons. The lowest BCUT2D eigenvalue weighted by Gasteiger charge is -2.31. The predicted octanol–water partition coefficient (Wildman–Crippen LogP) is 1.96. The molecule has 0 aromatic heterocycles. The van der Waals surface area contributed by atoms with E-state index in [1.54, 1.807) is 7.11 Å². The summed E-state index contributed by atoms with van der Waals surface area (Å²) in [5, 5.41) is 3.51. The van der Waals surface area contributed by atoms with Crippen molar-refractivity contribution in [3.8, 4) is 0 Å². The van der Waals surface area contributed by atoms with Crippen LogP contribution in [0.5, 0.6) is 0 Å². The largest absolute Gasteiger partial charge is 0.382 e. The zero-order valence-electron chi connectivity index (χ0n) is 10.3. The molecule has 1 saturated carbocycles. The lowest BCUT2D eigenvalue weighted by molar-refractivity contribution is -0.0560. The molecule has 0 spiro atoms. The van der Waals surface area contributed by atoms with Crippen molar-refractivity contribution in [1.82, 2.24) is 5.32 Å². The first-order chi connectivity index (χ1) is 7.26. The standard InChI is InChI=1S/C12H25NO2/c1-4-13-11-6-5-7-12(8-11)15-10(2)9-14-3/h10-13H,4-9H2,1-3H3. The van der Waals surface area contributed by atoms with E-state index in [9.17, 15) is 0 Å². The molecule has 0 aliphatic heterocycles. The molecule has 15 heavy (non-hydrogen) atoms. The second-order valence-corrected chi connectivity index (χ2v) is 4.45. The zero-order valence-corrected chi connectivity index (χ0v) is 10.3. The molecule has 0 heterocycles. The number of nitrogens with one attached hydrogen (secondary N) is 1. The van der Waals surface area contributed by atoms with E-state index in [1.807, 2.05) is 0 Å². The molecule has 3 atom stereocenters. The van der Waals surface area contributed by atoms with Crippen molar-refractivity contribution >= 4 is 0 Å². The maximum Gasteiger partial charge on any atom is 0.0784 e. The van der Waals surface area contributed by atoms with Crippen LogP contribution in [0, 0.1) is 0 Å². The highest BCUT2D eigenvalue weighted by atomic mass is 16.5. The van der Waals surface area contributed by atoms with Gasteiger partial charge in [-0.1, -0.05) is 6.92 Å². The van der Waals surface area contributed by atoms with E-state index in [2.05, 4.69) is 19.2 Å². The number of ether oxygens (including phenoxy) is 2. The molecular weight excluding hydrogens is 190 g/mol. The van der Waals surface area contributed by atoms with Crippen molar-refractivity contribution in [3.05, 3.63) is 0 Å². The Balaban J connectivity index is 2.23. The fraction of sp³-hybridized carbons (Fsp3) is 1.00. The minimum absolute atomic E-state index is 0.223. The average molecular weight is 215 g/mol. The summed E-state index contributed by atoms with van der Waals surface area (Å²) >= 11 is 0. The fourth-order valence-electron chi connectivity index (χ4n) is 2.35. The van der Waals surface area contributed by atoms with E-state index in [1.165, 1.54) is 19.3 Å². The van der Waals surface area contributed by atoms with Crippen LogP contribution in [0.2, 0.25) is 0 Å². The topological polar surface area (TPSA) is 30.5 Å². The van der Waals surface area contributed by atoms with Crippen LogP contribution in [-0.4, -0.2) is 38.5 Å². The molecule has 3 unspecified atom stereocenters. The van der Waals surface area contributed by atoms with Gasteiger partial charge in [-0.2, -0.15) is 0 Å². The summed E-state index contributed by atoms with van der Waals surface area (Å²) in [6.45, 7) is 6.01. The summed E-state index contributed by atoms with van der Waals surface area (Å²) in [4.78, 5) is 0. The van der Waals surface area contributed by atoms with Crippen molar-refractivity contribution in [3.63, 3.8) is 0 Å². The summed E-state index contributed by atoms with van der Waals surface area (Å²) in [5.74, 6) is 0. The minimum atomic E-state index is 0.223. The molecule has 0 bridgehead atoms. The van der Waals surface area contributed by atoms with Gasteiger partial charge in [0.2, 0.25) is 0 Å². The van der Waals surface area contributed by atoms with Crippen molar-refractivity contribution in [2.24, 2.45) is 0 Å². The van der Waals surface area contributed by atoms with E-state index in [0.717, 1.165) is 13.0 Å². The van der Waals surface area contributed by atoms with Gasteiger partial charge in [-0.05, 0) is 39.2 Å². The highest BCUT2D eigenvalue weighted by Crippen LogP contribution is 2.22. The first-order valence-corrected chi connectivity index (χ1v) is 6.14. The summed E-state index contributed by atoms with van der Waals surface area (Å²) < 4.78 is 11.0. The number of rotatable bonds is 6. The number of methoxy groups -OCH3 is 1. The molecule has 0 saturated heterocycles. The molecule has 1 aliphatic carbocycles. The summed E-state index contributed by atoms with van der Waals surface area (Å²) in [7, 11) is 1.72. The van der Waals surface area contributed by atoms with E-state index in [4.69, 9.17) is 9.47 Å². The van der Waals surface area contributed by atoms with Gasteiger partial charge >= 0.3 is 0 Å². The molecule has 3 heteroatoms. The first kappa shape index (κ1) is 12.9. The Morgan fingerprint density at radius 1 is 1.40 bits per heavy atom. The Morgan fingerprint density at radius 3 is 2.87 bits per heavy atom. The van der Waals surface area contributed by atoms with E-state index in [0.29, 0.717) is 18.8 Å². The van der Waals surface area contributed by atoms with E-state index >= 15 is 0 Å². The normalized spacial score (nSPS) is 29.0. The molecule has 0 aromatic carbocycles. The van der Waals surface area contributed by atoms with Crippen LogP contribution < -0.4 is 5.32 Å². The molecule has 1 aliphatic rings. The molecule has 1 N–H and O–H groups in total. The summed E-state index contributed by atoms with van der Waals surface area (Å²) in [5.41, 5.74) is 0. The molecule has 0 aromatic rings. The zero-order chi connectivity index (χ0) is 11.1. The van der Waals surface area contributed by atoms with E-state index in [-0.39, 0.29) is 6.10 Å². The number of hydrogen-bond acceptors (Lipinski definition) is 3. The maximum absolute atomic E-state index is 5.94. The van der Waals surface area contributed by atoms with Crippen LogP contribution >= 0.6 is 0 Å². The van der Waals surface area contributed by atoms with Gasteiger partial charge in [0.1, 0.15) is 0 Å². The predicted molar refractivity (Wildman–Crippen MR) is 62.1 cm³/mol. The quantitative estimate of drug-likeness (QED) is 0.734. The first-order valence-electron chi connectivity index (χ1n) is 6.14. The van der Waals surface area contributed by atoms with Gasteiger partial charge in [0.05, 0.1) is 18.8 Å². The van der Waals surface area contributed by atoms with Gasteiger partial charge in [-0.15, -0.1) is 0 Å². The van der Waals surface area contributed by atoms with Crippen LogP contribution in [0.25, 0.3) is 0 Å². The molecule has 1 rings (SSSR count). The molecule has 1 fully saturated rings. The van der Waals surface area contributed by atoms with Crippen molar-refractivity contribution in [2.45, 2.75) is 57.8 Å². The summed E-state index contributed by atoms with van der Waals surface area (Å²) in [6.07, 6.45) is 5.58. The Morgan fingerprint density at radius 2 is 2.20 bits per heavy atom. The highest BCUT2D eigenvalue weighted by molar-refractivity contribution is 4.78. The van der Waals surface area contributed by atoms with Crippen LogP contribution in [0.3, 0.4) is 0 Å². The third-order valence-corrected chi connectivity index (χ3v) is 2.95. The Labute approximate surface area is 93.5 Å².